The standard InChI is InChI=1S/C32H36N2O4S.Li.H/c1-21-10-5-6-11-24(21)27-20-23(13-14-26(27)30(35)34-28(31(36)37)15-19-39-3)22(2)25-12-9-18-33-29(25)32(38)16-7-4-8-17-32;;/h5-6,9-14,18,20,28,38H,2,4,7-8,15-17,19H2,1,3H3,(H,34,35)(H,36,37);;/q;+1;-1/t28-;;/m0../s1. The number of hydrogen-bond acceptors (Lipinski definition) is 5. The Morgan fingerprint density at radius 1 is 1.07 bits per heavy atom. The van der Waals surface area contributed by atoms with Crippen molar-refractivity contribution in [3.63, 3.8) is 0 Å². The van der Waals surface area contributed by atoms with Crippen molar-refractivity contribution < 1.29 is 40.1 Å². The summed E-state index contributed by atoms with van der Waals surface area (Å²) in [6.07, 6.45) is 8.30. The number of rotatable bonds is 10. The van der Waals surface area contributed by atoms with Gasteiger partial charge in [0.15, 0.2) is 0 Å². The van der Waals surface area contributed by atoms with Gasteiger partial charge in [0.05, 0.1) is 5.69 Å². The molecule has 8 heteroatoms. The molecule has 0 unspecified atom stereocenters. The zero-order valence-corrected chi connectivity index (χ0v) is 24.4. The molecule has 0 spiro atoms. The second kappa shape index (κ2) is 14.2. The Hall–Kier alpha value is -2.82. The average Bonchev–Trinajstić information content (AvgIpc) is 2.95. The summed E-state index contributed by atoms with van der Waals surface area (Å²) in [6.45, 7) is 6.37. The van der Waals surface area contributed by atoms with Gasteiger partial charge in [0.2, 0.25) is 0 Å². The van der Waals surface area contributed by atoms with Crippen LogP contribution in [0.3, 0.4) is 0 Å². The molecule has 3 aromatic rings. The molecule has 2 aromatic carbocycles. The molecule has 1 heterocycles. The maximum absolute atomic E-state index is 13.4. The Kier molecular flexibility index (Phi) is 11.2. The number of hydrogen-bond donors (Lipinski definition) is 3. The molecule has 0 bridgehead atoms. The fourth-order valence-corrected chi connectivity index (χ4v) is 5.78. The molecule has 4 rings (SSSR count). The van der Waals surface area contributed by atoms with E-state index in [1.54, 1.807) is 12.3 Å². The third kappa shape index (κ3) is 7.08. The molecule has 206 valence electrons. The minimum atomic E-state index is -1.05. The zero-order chi connectivity index (χ0) is 28.0. The van der Waals surface area contributed by atoms with Crippen molar-refractivity contribution in [3.05, 3.63) is 95.3 Å². The van der Waals surface area contributed by atoms with Crippen molar-refractivity contribution in [2.75, 3.05) is 12.0 Å². The van der Waals surface area contributed by atoms with Gasteiger partial charge in [-0.25, -0.2) is 4.79 Å². The second-order valence-electron chi connectivity index (χ2n) is 10.2. The number of carboxylic acid groups (broad SMARTS) is 1. The van der Waals surface area contributed by atoms with Crippen LogP contribution in [-0.4, -0.2) is 45.1 Å². The van der Waals surface area contributed by atoms with Crippen LogP contribution in [0.25, 0.3) is 16.7 Å². The molecule has 0 radical (unpaired) electrons. The molecular formula is C32H37LiN2O4S. The topological polar surface area (TPSA) is 99.5 Å². The van der Waals surface area contributed by atoms with E-state index < -0.39 is 23.5 Å². The number of aliphatic carboxylic acids is 1. The van der Waals surface area contributed by atoms with Crippen LogP contribution in [0.5, 0.6) is 0 Å². The number of nitrogens with one attached hydrogen (secondary N) is 1. The number of benzene rings is 2. The van der Waals surface area contributed by atoms with E-state index in [0.717, 1.165) is 41.5 Å². The van der Waals surface area contributed by atoms with E-state index in [2.05, 4.69) is 16.9 Å². The van der Waals surface area contributed by atoms with Crippen LogP contribution >= 0.6 is 11.8 Å². The monoisotopic (exact) mass is 552 g/mol. The molecule has 1 amide bonds. The first kappa shape index (κ1) is 31.7. The molecule has 3 N–H and O–H groups in total. The minimum Gasteiger partial charge on any atom is -1.00 e. The van der Waals surface area contributed by atoms with Crippen LogP contribution in [-0.2, 0) is 10.4 Å². The van der Waals surface area contributed by atoms with Gasteiger partial charge in [0.25, 0.3) is 5.91 Å². The first-order valence-corrected chi connectivity index (χ1v) is 14.7. The van der Waals surface area contributed by atoms with Crippen molar-refractivity contribution in [1.29, 1.82) is 0 Å². The van der Waals surface area contributed by atoms with Crippen LogP contribution in [0.15, 0.2) is 67.4 Å². The molecule has 0 saturated heterocycles. The number of pyridine rings is 1. The first-order valence-electron chi connectivity index (χ1n) is 13.4. The molecule has 1 aliphatic rings. The Bertz CT molecular complexity index is 1380. The number of aliphatic hydroxyl groups is 1. The van der Waals surface area contributed by atoms with Crippen molar-refractivity contribution in [3.8, 4) is 11.1 Å². The molecule has 1 aliphatic carbocycles. The second-order valence-corrected chi connectivity index (χ2v) is 11.2. The normalized spacial score (nSPS) is 15.0. The van der Waals surface area contributed by atoms with Gasteiger partial charge in [-0.3, -0.25) is 9.78 Å². The van der Waals surface area contributed by atoms with Crippen LogP contribution in [0.2, 0.25) is 0 Å². The van der Waals surface area contributed by atoms with Gasteiger partial charge in [-0.15, -0.1) is 0 Å². The summed E-state index contributed by atoms with van der Waals surface area (Å²) in [7, 11) is 0. The van der Waals surface area contributed by atoms with Crippen LogP contribution < -0.4 is 24.2 Å². The predicted molar refractivity (Wildman–Crippen MR) is 159 cm³/mol. The first-order chi connectivity index (χ1) is 18.7. The van der Waals surface area contributed by atoms with Gasteiger partial charge in [-0.1, -0.05) is 62.2 Å². The summed E-state index contributed by atoms with van der Waals surface area (Å²) in [6, 6.07) is 16.1. The van der Waals surface area contributed by atoms with E-state index in [4.69, 9.17) is 0 Å². The SMILES string of the molecule is C=C(c1ccc(C(=O)N[C@@H](CCSC)C(=O)O)c(-c2ccccc2C)c1)c1cccnc1C1(O)CCCCC1.[H-].[Li+]. The third-order valence-electron chi connectivity index (χ3n) is 7.52. The van der Waals surface area contributed by atoms with E-state index in [-0.39, 0.29) is 20.3 Å². The third-order valence-corrected chi connectivity index (χ3v) is 8.16. The Balaban J connectivity index is 0.00000294. The summed E-state index contributed by atoms with van der Waals surface area (Å²) < 4.78 is 0. The number of nitrogens with zero attached hydrogens (tertiary/aromatic N) is 1. The number of carboxylic acids is 1. The summed E-state index contributed by atoms with van der Waals surface area (Å²) >= 11 is 1.54. The summed E-state index contributed by atoms with van der Waals surface area (Å²) in [5, 5.41) is 23.9. The fourth-order valence-electron chi connectivity index (χ4n) is 5.31. The summed E-state index contributed by atoms with van der Waals surface area (Å²) in [4.78, 5) is 29.8. The molecular weight excluding hydrogens is 515 g/mol. The number of carbonyl (C=O) groups is 2. The van der Waals surface area contributed by atoms with Crippen molar-refractivity contribution in [2.45, 2.75) is 57.1 Å². The number of thioether (sulfide) groups is 1. The maximum Gasteiger partial charge on any atom is 1.00 e. The van der Waals surface area contributed by atoms with E-state index in [9.17, 15) is 19.8 Å². The Labute approximate surface area is 254 Å². The van der Waals surface area contributed by atoms with E-state index in [1.165, 1.54) is 11.8 Å². The predicted octanol–water partition coefficient (Wildman–Crippen LogP) is 3.32. The zero-order valence-electron chi connectivity index (χ0n) is 24.6. The maximum atomic E-state index is 13.4. The molecule has 1 aromatic heterocycles. The number of amides is 1. The smallest absolute Gasteiger partial charge is 1.00 e. The molecule has 6 nitrogen and oxygen atoms in total. The van der Waals surface area contributed by atoms with Crippen LogP contribution in [0.4, 0.5) is 0 Å². The van der Waals surface area contributed by atoms with Crippen molar-refractivity contribution in [2.24, 2.45) is 0 Å². The minimum absolute atomic E-state index is 0. The molecule has 1 fully saturated rings. The Morgan fingerprint density at radius 2 is 1.80 bits per heavy atom. The fraction of sp³-hybridized carbons (Fsp3) is 0.344. The number of aromatic nitrogens is 1. The Morgan fingerprint density at radius 3 is 2.48 bits per heavy atom. The van der Waals surface area contributed by atoms with Gasteiger partial charge in [-0.2, -0.15) is 11.8 Å². The van der Waals surface area contributed by atoms with Crippen molar-refractivity contribution >= 4 is 29.2 Å². The van der Waals surface area contributed by atoms with Crippen LogP contribution in [0.1, 0.15) is 72.7 Å². The molecule has 0 aliphatic heterocycles. The van der Waals surface area contributed by atoms with E-state index >= 15 is 0 Å². The number of carbonyl (C=O) groups excluding carboxylic acids is 1. The molecule has 1 atom stereocenters. The van der Waals surface area contributed by atoms with Crippen LogP contribution in [0, 0.1) is 6.92 Å². The number of aryl methyl sites for hydroxylation is 1. The van der Waals surface area contributed by atoms with E-state index in [0.29, 0.717) is 47.4 Å². The van der Waals surface area contributed by atoms with Gasteiger partial charge >= 0.3 is 24.8 Å². The molecule has 1 saturated carbocycles. The largest absolute Gasteiger partial charge is 1.00 e. The summed E-state index contributed by atoms with van der Waals surface area (Å²) in [5.74, 6) is -0.859. The average molecular weight is 553 g/mol. The summed E-state index contributed by atoms with van der Waals surface area (Å²) in [5.41, 5.74) is 4.92. The van der Waals surface area contributed by atoms with Crippen molar-refractivity contribution in [1.82, 2.24) is 10.3 Å². The van der Waals surface area contributed by atoms with Gasteiger partial charge in [0, 0.05) is 17.3 Å². The van der Waals surface area contributed by atoms with Gasteiger partial charge in [-0.05, 0) is 84.2 Å². The van der Waals surface area contributed by atoms with Gasteiger partial charge in [0.1, 0.15) is 11.6 Å². The van der Waals surface area contributed by atoms with Gasteiger partial charge < -0.3 is 17.0 Å². The molecule has 40 heavy (non-hydrogen) atoms. The van der Waals surface area contributed by atoms with E-state index in [1.807, 2.05) is 61.7 Å². The quantitative estimate of drug-likeness (QED) is 0.334.